The van der Waals surface area contributed by atoms with Crippen LogP contribution >= 0.6 is 0 Å². The Morgan fingerprint density at radius 3 is 3.15 bits per heavy atom. The molecule has 0 atom stereocenters. The summed E-state index contributed by atoms with van der Waals surface area (Å²) in [7, 11) is 0. The summed E-state index contributed by atoms with van der Waals surface area (Å²) in [5, 5.41) is 0. The number of rotatable bonds is 3. The van der Waals surface area contributed by atoms with Gasteiger partial charge in [0, 0.05) is 6.20 Å². The van der Waals surface area contributed by atoms with Crippen LogP contribution in [0.4, 0.5) is 0 Å². The zero-order chi connectivity index (χ0) is 9.10. The largest absolute Gasteiger partial charge is 0.298 e. The molecular formula is C11H13N2. The average Bonchev–Trinajstić information content (AvgIpc) is 2.57. The first-order chi connectivity index (χ1) is 6.40. The molecule has 0 N–H and O–H groups in total. The van der Waals surface area contributed by atoms with Crippen molar-refractivity contribution in [1.82, 2.24) is 9.38 Å². The van der Waals surface area contributed by atoms with Crippen molar-refractivity contribution in [2.75, 3.05) is 0 Å². The second-order valence-electron chi connectivity index (χ2n) is 3.20. The van der Waals surface area contributed by atoms with Crippen molar-refractivity contribution in [2.24, 2.45) is 0 Å². The Hall–Kier alpha value is -1.31. The lowest BCUT2D eigenvalue weighted by Gasteiger charge is -1.89. The topological polar surface area (TPSA) is 17.3 Å². The predicted octanol–water partition coefficient (Wildman–Crippen LogP) is 2.48. The van der Waals surface area contributed by atoms with E-state index in [4.69, 9.17) is 0 Å². The van der Waals surface area contributed by atoms with Crippen LogP contribution in [-0.4, -0.2) is 9.38 Å². The van der Waals surface area contributed by atoms with Crippen molar-refractivity contribution in [3.8, 4) is 0 Å². The molecule has 2 nitrogen and oxygen atoms in total. The quantitative estimate of drug-likeness (QED) is 0.697. The normalized spacial score (nSPS) is 10.8. The number of unbranched alkanes of at least 4 members (excludes halogenated alkanes) is 1. The van der Waals surface area contributed by atoms with E-state index < -0.39 is 0 Å². The van der Waals surface area contributed by atoms with Crippen LogP contribution in [0, 0.1) is 6.20 Å². The maximum Gasteiger partial charge on any atom is 0.137 e. The van der Waals surface area contributed by atoms with E-state index in [0.29, 0.717) is 0 Å². The summed E-state index contributed by atoms with van der Waals surface area (Å²) in [6.07, 6.45) is 8.66. The summed E-state index contributed by atoms with van der Waals surface area (Å²) in [5.74, 6) is 0. The van der Waals surface area contributed by atoms with Crippen LogP contribution in [0.1, 0.15) is 25.5 Å². The molecule has 2 aromatic rings. The highest BCUT2D eigenvalue weighted by atomic mass is 15.0. The van der Waals surface area contributed by atoms with Crippen molar-refractivity contribution in [3.05, 3.63) is 36.3 Å². The van der Waals surface area contributed by atoms with E-state index in [1.807, 2.05) is 28.8 Å². The Kier molecular flexibility index (Phi) is 2.30. The first kappa shape index (κ1) is 8.30. The van der Waals surface area contributed by atoms with Gasteiger partial charge in [0.25, 0.3) is 0 Å². The van der Waals surface area contributed by atoms with Crippen molar-refractivity contribution in [2.45, 2.75) is 26.2 Å². The molecule has 0 bridgehead atoms. The monoisotopic (exact) mass is 173 g/mol. The van der Waals surface area contributed by atoms with Gasteiger partial charge < -0.3 is 0 Å². The SMILES string of the molecule is CCCCc1[c]n2ccccc2n1. The summed E-state index contributed by atoms with van der Waals surface area (Å²) < 4.78 is 1.95. The summed E-state index contributed by atoms with van der Waals surface area (Å²) in [4.78, 5) is 4.46. The molecule has 1 radical (unpaired) electrons. The molecule has 13 heavy (non-hydrogen) atoms. The molecule has 0 saturated carbocycles. The fourth-order valence-electron chi connectivity index (χ4n) is 1.38. The third-order valence-corrected chi connectivity index (χ3v) is 2.10. The highest BCUT2D eigenvalue weighted by Gasteiger charge is 1.99. The van der Waals surface area contributed by atoms with Crippen LogP contribution in [0.15, 0.2) is 24.4 Å². The van der Waals surface area contributed by atoms with Crippen molar-refractivity contribution in [1.29, 1.82) is 0 Å². The fourth-order valence-corrected chi connectivity index (χ4v) is 1.38. The zero-order valence-corrected chi connectivity index (χ0v) is 7.83. The first-order valence-electron chi connectivity index (χ1n) is 4.75. The van der Waals surface area contributed by atoms with E-state index in [-0.39, 0.29) is 0 Å². The van der Waals surface area contributed by atoms with Crippen molar-refractivity contribution < 1.29 is 0 Å². The molecule has 0 unspecified atom stereocenters. The van der Waals surface area contributed by atoms with Gasteiger partial charge in [-0.25, -0.2) is 4.98 Å². The van der Waals surface area contributed by atoms with Crippen LogP contribution in [0.2, 0.25) is 0 Å². The highest BCUT2D eigenvalue weighted by molar-refractivity contribution is 5.38. The lowest BCUT2D eigenvalue weighted by Crippen LogP contribution is -1.83. The number of pyridine rings is 1. The second kappa shape index (κ2) is 3.60. The number of aromatic nitrogens is 2. The van der Waals surface area contributed by atoms with E-state index in [9.17, 15) is 0 Å². The van der Waals surface area contributed by atoms with Crippen LogP contribution in [0.25, 0.3) is 5.65 Å². The molecule has 2 heterocycles. The number of hydrogen-bond acceptors (Lipinski definition) is 1. The van der Waals surface area contributed by atoms with E-state index in [0.717, 1.165) is 17.8 Å². The third-order valence-electron chi connectivity index (χ3n) is 2.10. The molecule has 0 aliphatic carbocycles. The Labute approximate surface area is 78.2 Å². The Bertz CT molecular complexity index is 357. The minimum atomic E-state index is 0.994. The maximum atomic E-state index is 4.46. The van der Waals surface area contributed by atoms with Gasteiger partial charge in [0.15, 0.2) is 0 Å². The lowest BCUT2D eigenvalue weighted by molar-refractivity contribution is 0.780. The molecule has 0 aliphatic rings. The molecule has 67 valence electrons. The molecule has 2 rings (SSSR count). The number of nitrogens with zero attached hydrogens (tertiary/aromatic N) is 2. The summed E-state index contributed by atoms with van der Waals surface area (Å²) in [6.45, 7) is 2.19. The van der Waals surface area contributed by atoms with Gasteiger partial charge in [0.05, 0.1) is 11.9 Å². The minimum Gasteiger partial charge on any atom is -0.298 e. The van der Waals surface area contributed by atoms with Crippen LogP contribution in [-0.2, 0) is 6.42 Å². The zero-order valence-electron chi connectivity index (χ0n) is 7.83. The first-order valence-corrected chi connectivity index (χ1v) is 4.75. The van der Waals surface area contributed by atoms with Crippen LogP contribution in [0.5, 0.6) is 0 Å². The predicted molar refractivity (Wildman–Crippen MR) is 52.6 cm³/mol. The second-order valence-corrected chi connectivity index (χ2v) is 3.20. The fraction of sp³-hybridized carbons (Fsp3) is 0.364. The Balaban J connectivity index is 2.28. The third kappa shape index (κ3) is 1.72. The van der Waals surface area contributed by atoms with E-state index in [1.54, 1.807) is 0 Å². The Morgan fingerprint density at radius 2 is 2.38 bits per heavy atom. The summed E-state index contributed by atoms with van der Waals surface area (Å²) in [5.41, 5.74) is 2.07. The smallest absolute Gasteiger partial charge is 0.137 e. The summed E-state index contributed by atoms with van der Waals surface area (Å²) >= 11 is 0. The van der Waals surface area contributed by atoms with Gasteiger partial charge in [-0.05, 0) is 25.0 Å². The van der Waals surface area contributed by atoms with E-state index in [2.05, 4.69) is 18.1 Å². The molecule has 2 heteroatoms. The van der Waals surface area contributed by atoms with Crippen molar-refractivity contribution >= 4 is 5.65 Å². The molecule has 0 saturated heterocycles. The van der Waals surface area contributed by atoms with Crippen LogP contribution < -0.4 is 0 Å². The van der Waals surface area contributed by atoms with Gasteiger partial charge in [-0.15, -0.1) is 0 Å². The Morgan fingerprint density at radius 1 is 1.46 bits per heavy atom. The average molecular weight is 173 g/mol. The molecular weight excluding hydrogens is 160 g/mol. The number of fused-ring (bicyclic) bond motifs is 1. The molecule has 0 spiro atoms. The van der Waals surface area contributed by atoms with Crippen LogP contribution in [0.3, 0.4) is 0 Å². The van der Waals surface area contributed by atoms with Gasteiger partial charge in [-0.3, -0.25) is 4.40 Å². The van der Waals surface area contributed by atoms with Gasteiger partial charge in [0.1, 0.15) is 5.65 Å². The van der Waals surface area contributed by atoms with E-state index >= 15 is 0 Å². The number of aryl methyl sites for hydroxylation is 1. The highest BCUT2D eigenvalue weighted by Crippen LogP contribution is 2.06. The van der Waals surface area contributed by atoms with Gasteiger partial charge in [-0.2, -0.15) is 0 Å². The molecule has 0 aliphatic heterocycles. The van der Waals surface area contributed by atoms with Gasteiger partial charge >= 0.3 is 0 Å². The minimum absolute atomic E-state index is 0.994. The standard InChI is InChI=1S/C11H13N2/c1-2-3-6-10-9-13-8-5-4-7-11(13)12-10/h4-5,7-8H,2-3,6H2,1H3. The maximum absolute atomic E-state index is 4.46. The number of hydrogen-bond donors (Lipinski definition) is 0. The van der Waals surface area contributed by atoms with Crippen molar-refractivity contribution in [3.63, 3.8) is 0 Å². The number of imidazole rings is 1. The molecule has 2 aromatic heterocycles. The molecule has 0 fully saturated rings. The lowest BCUT2D eigenvalue weighted by atomic mass is 10.2. The molecule has 0 amide bonds. The summed E-state index contributed by atoms with van der Waals surface area (Å²) in [6, 6.07) is 6.00. The molecule has 0 aromatic carbocycles. The van der Waals surface area contributed by atoms with E-state index in [1.165, 1.54) is 12.8 Å². The van der Waals surface area contributed by atoms with Gasteiger partial charge in [-0.1, -0.05) is 19.4 Å². The van der Waals surface area contributed by atoms with Gasteiger partial charge in [0.2, 0.25) is 0 Å².